The SMILES string of the molecule is CCOC(=O)c1cc2c3ccccc3n(Cc3cc(Cl)ccc3Cl)c2cn1. The molecule has 6 heteroatoms. The Labute approximate surface area is 166 Å². The Morgan fingerprint density at radius 1 is 1.07 bits per heavy atom. The number of hydrogen-bond acceptors (Lipinski definition) is 3. The third kappa shape index (κ3) is 3.27. The van der Waals surface area contributed by atoms with E-state index >= 15 is 0 Å². The fraction of sp³-hybridized carbons (Fsp3) is 0.143. The van der Waals surface area contributed by atoms with Gasteiger partial charge in [0, 0.05) is 32.9 Å². The minimum atomic E-state index is -0.422. The van der Waals surface area contributed by atoms with Gasteiger partial charge < -0.3 is 9.30 Å². The molecule has 2 aromatic heterocycles. The molecule has 0 saturated heterocycles. The zero-order valence-electron chi connectivity index (χ0n) is 14.6. The summed E-state index contributed by atoms with van der Waals surface area (Å²) in [7, 11) is 0. The van der Waals surface area contributed by atoms with Crippen LogP contribution in [0, 0.1) is 0 Å². The van der Waals surface area contributed by atoms with Gasteiger partial charge >= 0.3 is 5.97 Å². The molecule has 2 aromatic carbocycles. The molecular formula is C21H16Cl2N2O2. The molecule has 0 bridgehead atoms. The molecular weight excluding hydrogens is 383 g/mol. The number of para-hydroxylation sites is 1. The Bertz CT molecular complexity index is 1170. The van der Waals surface area contributed by atoms with Crippen LogP contribution in [0.25, 0.3) is 21.8 Å². The number of halogens is 2. The molecule has 4 aromatic rings. The number of hydrogen-bond donors (Lipinski definition) is 0. The highest BCUT2D eigenvalue weighted by molar-refractivity contribution is 6.33. The zero-order valence-corrected chi connectivity index (χ0v) is 16.1. The van der Waals surface area contributed by atoms with E-state index in [1.165, 1.54) is 0 Å². The standard InChI is InChI=1S/C21H16Cl2N2O2/c1-2-27-21(26)18-10-16-15-5-3-4-6-19(15)25(20(16)11-24-18)12-13-9-14(22)7-8-17(13)23/h3-11H,2,12H2,1H3. The van der Waals surface area contributed by atoms with Crippen molar-refractivity contribution in [3.8, 4) is 0 Å². The normalized spacial score (nSPS) is 11.2. The van der Waals surface area contributed by atoms with Gasteiger partial charge in [0.05, 0.1) is 18.3 Å². The minimum absolute atomic E-state index is 0.299. The van der Waals surface area contributed by atoms with Crippen molar-refractivity contribution in [3.63, 3.8) is 0 Å². The van der Waals surface area contributed by atoms with Gasteiger partial charge in [-0.2, -0.15) is 0 Å². The van der Waals surface area contributed by atoms with E-state index in [1.807, 2.05) is 30.3 Å². The van der Waals surface area contributed by atoms with Crippen LogP contribution in [-0.2, 0) is 11.3 Å². The van der Waals surface area contributed by atoms with Crippen LogP contribution in [0.1, 0.15) is 23.0 Å². The Morgan fingerprint density at radius 2 is 1.89 bits per heavy atom. The van der Waals surface area contributed by atoms with Crippen LogP contribution in [-0.4, -0.2) is 22.1 Å². The molecule has 136 valence electrons. The van der Waals surface area contributed by atoms with E-state index in [0.717, 1.165) is 27.4 Å². The molecule has 0 aliphatic carbocycles. The molecule has 4 nitrogen and oxygen atoms in total. The van der Waals surface area contributed by atoms with Gasteiger partial charge in [-0.1, -0.05) is 41.4 Å². The average Bonchev–Trinajstić information content (AvgIpc) is 2.98. The maximum Gasteiger partial charge on any atom is 0.356 e. The number of nitrogens with zero attached hydrogens (tertiary/aromatic N) is 2. The molecule has 4 rings (SSSR count). The first-order valence-electron chi connectivity index (χ1n) is 8.56. The second-order valence-electron chi connectivity index (χ2n) is 6.15. The molecule has 0 spiro atoms. The number of fused-ring (bicyclic) bond motifs is 3. The van der Waals surface area contributed by atoms with Crippen molar-refractivity contribution in [2.45, 2.75) is 13.5 Å². The quantitative estimate of drug-likeness (QED) is 0.412. The molecule has 27 heavy (non-hydrogen) atoms. The van der Waals surface area contributed by atoms with Crippen molar-refractivity contribution in [2.24, 2.45) is 0 Å². The third-order valence-corrected chi connectivity index (χ3v) is 5.08. The number of pyridine rings is 1. The highest BCUT2D eigenvalue weighted by atomic mass is 35.5. The predicted molar refractivity (Wildman–Crippen MR) is 109 cm³/mol. The first kappa shape index (κ1) is 17.8. The summed E-state index contributed by atoms with van der Waals surface area (Å²) in [4.78, 5) is 16.4. The van der Waals surface area contributed by atoms with Crippen molar-refractivity contribution in [2.75, 3.05) is 6.61 Å². The number of ether oxygens (including phenoxy) is 1. The van der Waals surface area contributed by atoms with E-state index in [1.54, 1.807) is 31.3 Å². The lowest BCUT2D eigenvalue weighted by molar-refractivity contribution is 0.0519. The lowest BCUT2D eigenvalue weighted by Crippen LogP contribution is -2.07. The predicted octanol–water partition coefficient (Wildman–Crippen LogP) is 5.72. The Balaban J connectivity index is 1.91. The number of carbonyl (C=O) groups is 1. The molecule has 0 aliphatic heterocycles. The first-order chi connectivity index (χ1) is 13.1. The maximum absolute atomic E-state index is 12.1. The molecule has 0 saturated carbocycles. The van der Waals surface area contributed by atoms with Crippen LogP contribution in [0.5, 0.6) is 0 Å². The second-order valence-corrected chi connectivity index (χ2v) is 6.99. The number of benzene rings is 2. The summed E-state index contributed by atoms with van der Waals surface area (Å²) in [6, 6.07) is 15.2. The first-order valence-corrected chi connectivity index (χ1v) is 9.32. The average molecular weight is 399 g/mol. The molecule has 0 unspecified atom stereocenters. The van der Waals surface area contributed by atoms with Gasteiger partial charge in [0.15, 0.2) is 0 Å². The highest BCUT2D eigenvalue weighted by Gasteiger charge is 2.16. The lowest BCUT2D eigenvalue weighted by atomic mass is 10.1. The Morgan fingerprint density at radius 3 is 2.70 bits per heavy atom. The third-order valence-electron chi connectivity index (χ3n) is 4.48. The molecule has 0 radical (unpaired) electrons. The van der Waals surface area contributed by atoms with E-state index in [-0.39, 0.29) is 0 Å². The molecule has 0 amide bonds. The molecule has 0 aliphatic rings. The Kier molecular flexibility index (Phi) is 4.77. The van der Waals surface area contributed by atoms with E-state index in [2.05, 4.69) is 9.55 Å². The zero-order chi connectivity index (χ0) is 19.0. The summed E-state index contributed by atoms with van der Waals surface area (Å²) >= 11 is 12.5. The monoisotopic (exact) mass is 398 g/mol. The summed E-state index contributed by atoms with van der Waals surface area (Å²) in [5.41, 5.74) is 3.17. The van der Waals surface area contributed by atoms with Gasteiger partial charge in [-0.15, -0.1) is 0 Å². The second kappa shape index (κ2) is 7.22. The summed E-state index contributed by atoms with van der Waals surface area (Å²) in [5.74, 6) is -0.422. The summed E-state index contributed by atoms with van der Waals surface area (Å²) in [6.07, 6.45) is 1.71. The van der Waals surface area contributed by atoms with Crippen LogP contribution in [0.2, 0.25) is 10.0 Å². The van der Waals surface area contributed by atoms with E-state index < -0.39 is 5.97 Å². The summed E-state index contributed by atoms with van der Waals surface area (Å²) in [5, 5.41) is 3.28. The number of carbonyl (C=O) groups excluding carboxylic acids is 1. The van der Waals surface area contributed by atoms with Gasteiger partial charge in [-0.05, 0) is 42.8 Å². The van der Waals surface area contributed by atoms with Gasteiger partial charge in [-0.25, -0.2) is 9.78 Å². The van der Waals surface area contributed by atoms with Gasteiger partial charge in [0.2, 0.25) is 0 Å². The van der Waals surface area contributed by atoms with Crippen molar-refractivity contribution in [1.29, 1.82) is 0 Å². The van der Waals surface area contributed by atoms with Crippen LogP contribution in [0.4, 0.5) is 0 Å². The van der Waals surface area contributed by atoms with Gasteiger partial charge in [-0.3, -0.25) is 0 Å². The number of esters is 1. The van der Waals surface area contributed by atoms with Crippen LogP contribution < -0.4 is 0 Å². The largest absolute Gasteiger partial charge is 0.461 e. The highest BCUT2D eigenvalue weighted by Crippen LogP contribution is 2.31. The van der Waals surface area contributed by atoms with Crippen LogP contribution in [0.3, 0.4) is 0 Å². The summed E-state index contributed by atoms with van der Waals surface area (Å²) < 4.78 is 7.21. The van der Waals surface area contributed by atoms with E-state index in [9.17, 15) is 4.79 Å². The fourth-order valence-electron chi connectivity index (χ4n) is 3.27. The summed E-state index contributed by atoms with van der Waals surface area (Å²) in [6.45, 7) is 2.63. The Hall–Kier alpha value is -2.56. The number of rotatable bonds is 4. The molecule has 0 fully saturated rings. The van der Waals surface area contributed by atoms with Crippen molar-refractivity contribution in [1.82, 2.24) is 9.55 Å². The van der Waals surface area contributed by atoms with Crippen molar-refractivity contribution in [3.05, 3.63) is 76.0 Å². The van der Waals surface area contributed by atoms with Crippen molar-refractivity contribution < 1.29 is 9.53 Å². The number of aromatic nitrogens is 2. The molecule has 0 N–H and O–H groups in total. The topological polar surface area (TPSA) is 44.1 Å². The van der Waals surface area contributed by atoms with Gasteiger partial charge in [0.1, 0.15) is 5.69 Å². The lowest BCUT2D eigenvalue weighted by Gasteiger charge is -2.10. The molecule has 2 heterocycles. The van der Waals surface area contributed by atoms with Gasteiger partial charge in [0.25, 0.3) is 0 Å². The fourth-order valence-corrected chi connectivity index (χ4v) is 3.64. The van der Waals surface area contributed by atoms with E-state index in [4.69, 9.17) is 27.9 Å². The van der Waals surface area contributed by atoms with E-state index in [0.29, 0.717) is 28.9 Å². The molecule has 0 atom stereocenters. The maximum atomic E-state index is 12.1. The van der Waals surface area contributed by atoms with Crippen molar-refractivity contribution >= 4 is 51.0 Å². The smallest absolute Gasteiger partial charge is 0.356 e. The van der Waals surface area contributed by atoms with Crippen LogP contribution >= 0.6 is 23.2 Å². The minimum Gasteiger partial charge on any atom is -0.461 e. The van der Waals surface area contributed by atoms with Crippen LogP contribution in [0.15, 0.2) is 54.7 Å².